The van der Waals surface area contributed by atoms with Gasteiger partial charge in [-0.1, -0.05) is 48.5 Å². The van der Waals surface area contributed by atoms with E-state index in [0.717, 1.165) is 11.6 Å². The molecular weight excluding hydrogens is 512 g/mol. The van der Waals surface area contributed by atoms with Gasteiger partial charge in [-0.15, -0.1) is 0 Å². The molecule has 0 atom stereocenters. The number of methoxy groups -OCH3 is 1. The van der Waals surface area contributed by atoms with Crippen LogP contribution < -0.4 is 19.5 Å². The summed E-state index contributed by atoms with van der Waals surface area (Å²) in [5.74, 6) is -1.29. The molecule has 0 spiro atoms. The van der Waals surface area contributed by atoms with Gasteiger partial charge in [0.05, 0.1) is 12.7 Å². The molecule has 3 aromatic rings. The minimum absolute atomic E-state index is 0.0503. The predicted molar refractivity (Wildman–Crippen MR) is 141 cm³/mol. The Morgan fingerprint density at radius 3 is 2.37 bits per heavy atom. The molecule has 1 saturated carbocycles. The van der Waals surface area contributed by atoms with Crippen LogP contribution in [-0.2, 0) is 22.2 Å². The fourth-order valence-electron chi connectivity index (χ4n) is 4.92. The molecule has 7 nitrogen and oxygen atoms in total. The van der Waals surface area contributed by atoms with Crippen LogP contribution in [0.1, 0.15) is 47.2 Å². The van der Waals surface area contributed by atoms with Crippen molar-refractivity contribution in [2.24, 2.45) is 0 Å². The Kier molecular flexibility index (Phi) is 8.76. The second-order valence-corrected chi connectivity index (χ2v) is 11.0. The molecule has 3 N–H and O–H groups in total. The molecular formula is C28H31F2N3O4S. The van der Waals surface area contributed by atoms with E-state index in [1.165, 1.54) is 13.2 Å². The van der Waals surface area contributed by atoms with Crippen molar-refractivity contribution in [3.8, 4) is 5.75 Å². The Balaban J connectivity index is 1.40. The number of amides is 1. The summed E-state index contributed by atoms with van der Waals surface area (Å²) in [5.41, 5.74) is 1.20. The zero-order valence-corrected chi connectivity index (χ0v) is 21.9. The van der Waals surface area contributed by atoms with Gasteiger partial charge in [0, 0.05) is 36.2 Å². The van der Waals surface area contributed by atoms with E-state index in [2.05, 4.69) is 14.8 Å². The Bertz CT molecular complexity index is 1360. The van der Waals surface area contributed by atoms with Crippen LogP contribution in [0.5, 0.6) is 5.75 Å². The van der Waals surface area contributed by atoms with E-state index in [4.69, 9.17) is 4.74 Å². The molecule has 0 aliphatic heterocycles. The average Bonchev–Trinajstić information content (AvgIpc) is 2.92. The van der Waals surface area contributed by atoms with Gasteiger partial charge in [-0.2, -0.15) is 17.9 Å². The molecule has 38 heavy (non-hydrogen) atoms. The number of benzene rings is 3. The van der Waals surface area contributed by atoms with Crippen molar-refractivity contribution in [3.63, 3.8) is 0 Å². The van der Waals surface area contributed by atoms with Gasteiger partial charge in [0.15, 0.2) is 0 Å². The number of hydrogen-bond donors (Lipinski definition) is 3. The van der Waals surface area contributed by atoms with Crippen molar-refractivity contribution in [3.05, 3.63) is 101 Å². The molecule has 1 fully saturated rings. The van der Waals surface area contributed by atoms with Crippen LogP contribution in [-0.4, -0.2) is 34.0 Å². The van der Waals surface area contributed by atoms with Gasteiger partial charge < -0.3 is 10.1 Å². The first-order valence-corrected chi connectivity index (χ1v) is 13.9. The monoisotopic (exact) mass is 543 g/mol. The van der Waals surface area contributed by atoms with E-state index >= 15 is 0 Å². The normalized spacial score (nSPS) is 19.6. The van der Waals surface area contributed by atoms with Crippen LogP contribution in [0.4, 0.5) is 8.78 Å². The highest BCUT2D eigenvalue weighted by Gasteiger charge is 2.38. The second kappa shape index (κ2) is 12.0. The number of nitrogens with one attached hydrogen (secondary N) is 3. The lowest BCUT2D eigenvalue weighted by Gasteiger charge is -2.41. The molecule has 10 heteroatoms. The standard InChI is InChI=1S/C28H31F2N3O4S/c1-37-26-10-6-5-9-24(26)27(34)31-19-28(21-7-3-2-4-8-21)15-13-23(14-16-28)33-38(35,36)32-18-20-11-12-22(29)17-25(20)30/h2-12,17,23,32-33H,13-16,18-19H2,1H3,(H,31,34)/t23-,28-. The summed E-state index contributed by atoms with van der Waals surface area (Å²) in [6.07, 6.45) is 2.38. The number of carbonyl (C=O) groups is 1. The third-order valence-electron chi connectivity index (χ3n) is 7.06. The molecule has 1 aliphatic rings. The van der Waals surface area contributed by atoms with Gasteiger partial charge in [-0.25, -0.2) is 8.78 Å². The molecule has 0 bridgehead atoms. The maximum Gasteiger partial charge on any atom is 0.277 e. The van der Waals surface area contributed by atoms with E-state index in [1.54, 1.807) is 24.3 Å². The first kappa shape index (κ1) is 27.7. The molecule has 202 valence electrons. The van der Waals surface area contributed by atoms with Crippen molar-refractivity contribution in [2.45, 2.75) is 43.7 Å². The SMILES string of the molecule is COc1ccccc1C(=O)NC[C@]1(c2ccccc2)CC[C@H](NS(=O)(=O)NCc2ccc(F)cc2F)CC1. The number of para-hydroxylation sites is 1. The highest BCUT2D eigenvalue weighted by atomic mass is 32.2. The lowest BCUT2D eigenvalue weighted by molar-refractivity contribution is 0.0932. The van der Waals surface area contributed by atoms with Gasteiger partial charge in [0.2, 0.25) is 0 Å². The van der Waals surface area contributed by atoms with Gasteiger partial charge in [0.1, 0.15) is 17.4 Å². The zero-order valence-electron chi connectivity index (χ0n) is 21.0. The van der Waals surface area contributed by atoms with Crippen LogP contribution in [0.2, 0.25) is 0 Å². The molecule has 0 unspecified atom stereocenters. The summed E-state index contributed by atoms with van der Waals surface area (Å²) in [7, 11) is -2.40. The summed E-state index contributed by atoms with van der Waals surface area (Å²) in [6, 6.07) is 19.6. The Morgan fingerprint density at radius 2 is 1.68 bits per heavy atom. The number of rotatable bonds is 10. The predicted octanol–water partition coefficient (Wildman–Crippen LogP) is 4.21. The number of halogens is 2. The number of hydrogen-bond acceptors (Lipinski definition) is 4. The van der Waals surface area contributed by atoms with Crippen molar-refractivity contribution in [1.29, 1.82) is 0 Å². The quantitative estimate of drug-likeness (QED) is 0.357. The highest BCUT2D eigenvalue weighted by Crippen LogP contribution is 2.39. The molecule has 0 heterocycles. The minimum Gasteiger partial charge on any atom is -0.496 e. The Hall–Kier alpha value is -3.34. The van der Waals surface area contributed by atoms with Crippen molar-refractivity contribution >= 4 is 16.1 Å². The molecule has 1 amide bonds. The minimum atomic E-state index is -3.92. The van der Waals surface area contributed by atoms with Crippen LogP contribution in [0.3, 0.4) is 0 Å². The molecule has 0 aromatic heterocycles. The molecule has 0 saturated heterocycles. The van der Waals surface area contributed by atoms with Crippen molar-refractivity contribution in [2.75, 3.05) is 13.7 Å². The summed E-state index contributed by atoms with van der Waals surface area (Å²) < 4.78 is 62.6. The second-order valence-electron chi connectivity index (χ2n) is 9.48. The highest BCUT2D eigenvalue weighted by molar-refractivity contribution is 7.87. The van der Waals surface area contributed by atoms with Gasteiger partial charge >= 0.3 is 0 Å². The summed E-state index contributed by atoms with van der Waals surface area (Å²) in [5, 5.41) is 3.06. The zero-order chi connectivity index (χ0) is 27.2. The van der Waals surface area contributed by atoms with Crippen LogP contribution in [0.25, 0.3) is 0 Å². The van der Waals surface area contributed by atoms with E-state index in [-0.39, 0.29) is 29.5 Å². The fraction of sp³-hybridized carbons (Fsp3) is 0.321. The molecule has 4 rings (SSSR count). The van der Waals surface area contributed by atoms with Gasteiger partial charge in [-0.05, 0) is 49.4 Å². The molecule has 0 radical (unpaired) electrons. The molecule has 1 aliphatic carbocycles. The third-order valence-corrected chi connectivity index (χ3v) is 8.23. The summed E-state index contributed by atoms with van der Waals surface area (Å²) in [4.78, 5) is 13.0. The topological polar surface area (TPSA) is 96.5 Å². The van der Waals surface area contributed by atoms with E-state index < -0.39 is 21.8 Å². The average molecular weight is 544 g/mol. The first-order valence-electron chi connectivity index (χ1n) is 12.4. The van der Waals surface area contributed by atoms with Crippen LogP contribution in [0, 0.1) is 11.6 Å². The lowest BCUT2D eigenvalue weighted by atomic mass is 9.68. The summed E-state index contributed by atoms with van der Waals surface area (Å²) in [6.45, 7) is 0.0898. The Morgan fingerprint density at radius 1 is 1.00 bits per heavy atom. The maximum absolute atomic E-state index is 13.9. The van der Waals surface area contributed by atoms with Gasteiger partial charge in [-0.3, -0.25) is 4.79 Å². The number of carbonyl (C=O) groups excluding carboxylic acids is 1. The maximum atomic E-state index is 13.9. The largest absolute Gasteiger partial charge is 0.496 e. The van der Waals surface area contributed by atoms with Crippen LogP contribution >= 0.6 is 0 Å². The van der Waals surface area contributed by atoms with E-state index in [0.29, 0.717) is 49.6 Å². The van der Waals surface area contributed by atoms with Gasteiger partial charge in [0.25, 0.3) is 16.1 Å². The Labute approximate surface area is 221 Å². The smallest absolute Gasteiger partial charge is 0.277 e. The first-order chi connectivity index (χ1) is 18.2. The molecule has 3 aromatic carbocycles. The fourth-order valence-corrected chi connectivity index (χ4v) is 6.03. The van der Waals surface area contributed by atoms with Crippen molar-refractivity contribution < 1.29 is 26.7 Å². The van der Waals surface area contributed by atoms with Crippen molar-refractivity contribution in [1.82, 2.24) is 14.8 Å². The van der Waals surface area contributed by atoms with Crippen LogP contribution in [0.15, 0.2) is 72.8 Å². The lowest BCUT2D eigenvalue weighted by Crippen LogP contribution is -2.49. The number of ether oxygens (including phenoxy) is 1. The summed E-state index contributed by atoms with van der Waals surface area (Å²) >= 11 is 0. The third kappa shape index (κ3) is 6.75. The van der Waals surface area contributed by atoms with E-state index in [9.17, 15) is 22.0 Å². The van der Waals surface area contributed by atoms with E-state index in [1.807, 2.05) is 30.3 Å².